The van der Waals surface area contributed by atoms with Crippen molar-refractivity contribution in [3.8, 4) is 0 Å². The summed E-state index contributed by atoms with van der Waals surface area (Å²) in [5.74, 6) is 0. The van der Waals surface area contributed by atoms with Gasteiger partial charge in [-0.3, -0.25) is 0 Å². The van der Waals surface area contributed by atoms with E-state index in [1.165, 1.54) is 0 Å². The van der Waals surface area contributed by atoms with Gasteiger partial charge < -0.3 is 15.0 Å². The van der Waals surface area contributed by atoms with Gasteiger partial charge in [0.05, 0.1) is 6.61 Å². The third-order valence-electron chi connectivity index (χ3n) is 3.06. The van der Waals surface area contributed by atoms with Crippen molar-refractivity contribution in [2.75, 3.05) is 31.7 Å². The summed E-state index contributed by atoms with van der Waals surface area (Å²) in [5.41, 5.74) is 2.34. The van der Waals surface area contributed by atoms with Crippen LogP contribution >= 0.6 is 11.6 Å². The summed E-state index contributed by atoms with van der Waals surface area (Å²) >= 11 is 6.37. The standard InChI is InChI=1S/C16H27ClN2O/c1-6-20-10-9-19(5)14-8-7-13(15(17)11-14)12-18-16(2,3)4/h7-8,11,18H,6,9-10,12H2,1-5H3. The van der Waals surface area contributed by atoms with E-state index in [1.807, 2.05) is 13.0 Å². The molecule has 0 saturated carbocycles. The van der Waals surface area contributed by atoms with Crippen molar-refractivity contribution in [3.05, 3.63) is 28.8 Å². The van der Waals surface area contributed by atoms with Crippen LogP contribution in [0.2, 0.25) is 5.02 Å². The van der Waals surface area contributed by atoms with Crippen molar-refractivity contribution in [1.29, 1.82) is 0 Å². The van der Waals surface area contributed by atoms with Crippen LogP contribution in [0.15, 0.2) is 18.2 Å². The van der Waals surface area contributed by atoms with Gasteiger partial charge in [0.1, 0.15) is 0 Å². The Kier molecular flexibility index (Phi) is 6.80. The fraction of sp³-hybridized carbons (Fsp3) is 0.625. The molecule has 1 rings (SSSR count). The van der Waals surface area contributed by atoms with Crippen molar-refractivity contribution in [2.45, 2.75) is 39.8 Å². The summed E-state index contributed by atoms with van der Waals surface area (Å²) in [4.78, 5) is 2.16. The van der Waals surface area contributed by atoms with E-state index in [9.17, 15) is 0 Å². The molecule has 0 spiro atoms. The average Bonchev–Trinajstić information content (AvgIpc) is 2.36. The highest BCUT2D eigenvalue weighted by atomic mass is 35.5. The van der Waals surface area contributed by atoms with Gasteiger partial charge in [-0.1, -0.05) is 17.7 Å². The van der Waals surface area contributed by atoms with Crippen LogP contribution in [-0.2, 0) is 11.3 Å². The molecule has 0 heterocycles. The lowest BCUT2D eigenvalue weighted by Gasteiger charge is -2.22. The summed E-state index contributed by atoms with van der Waals surface area (Å²) in [6.45, 7) is 11.6. The summed E-state index contributed by atoms with van der Waals surface area (Å²) in [6.07, 6.45) is 0. The van der Waals surface area contributed by atoms with E-state index >= 15 is 0 Å². The van der Waals surface area contributed by atoms with Gasteiger partial charge in [-0.15, -0.1) is 0 Å². The number of likely N-dealkylation sites (N-methyl/N-ethyl adjacent to an activating group) is 1. The third-order valence-corrected chi connectivity index (χ3v) is 3.41. The van der Waals surface area contributed by atoms with Gasteiger partial charge in [0, 0.05) is 43.0 Å². The molecule has 0 saturated heterocycles. The van der Waals surface area contributed by atoms with Crippen molar-refractivity contribution in [1.82, 2.24) is 5.32 Å². The van der Waals surface area contributed by atoms with Crippen LogP contribution in [0.25, 0.3) is 0 Å². The number of benzene rings is 1. The van der Waals surface area contributed by atoms with Crippen LogP contribution < -0.4 is 10.2 Å². The van der Waals surface area contributed by atoms with Crippen molar-refractivity contribution in [2.24, 2.45) is 0 Å². The molecule has 0 aromatic heterocycles. The maximum atomic E-state index is 6.37. The zero-order chi connectivity index (χ0) is 15.2. The van der Waals surface area contributed by atoms with E-state index in [4.69, 9.17) is 16.3 Å². The molecule has 114 valence electrons. The van der Waals surface area contributed by atoms with Crippen LogP contribution in [-0.4, -0.2) is 32.3 Å². The monoisotopic (exact) mass is 298 g/mol. The minimum Gasteiger partial charge on any atom is -0.380 e. The molecule has 4 heteroatoms. The highest BCUT2D eigenvalue weighted by Gasteiger charge is 2.11. The molecule has 0 aliphatic heterocycles. The second-order valence-electron chi connectivity index (χ2n) is 6.00. The first kappa shape index (κ1) is 17.3. The van der Waals surface area contributed by atoms with Crippen LogP contribution in [0.3, 0.4) is 0 Å². The lowest BCUT2D eigenvalue weighted by atomic mass is 10.1. The smallest absolute Gasteiger partial charge is 0.0641 e. The second-order valence-corrected chi connectivity index (χ2v) is 6.40. The molecule has 0 atom stereocenters. The van der Waals surface area contributed by atoms with Crippen LogP contribution in [0.4, 0.5) is 5.69 Å². The molecule has 0 unspecified atom stereocenters. The maximum Gasteiger partial charge on any atom is 0.0641 e. The van der Waals surface area contributed by atoms with E-state index in [0.29, 0.717) is 0 Å². The van der Waals surface area contributed by atoms with Crippen LogP contribution in [0.1, 0.15) is 33.3 Å². The average molecular weight is 299 g/mol. The quantitative estimate of drug-likeness (QED) is 0.777. The fourth-order valence-corrected chi connectivity index (χ4v) is 1.99. The van der Waals surface area contributed by atoms with Crippen molar-refractivity contribution in [3.63, 3.8) is 0 Å². The summed E-state index contributed by atoms with van der Waals surface area (Å²) in [7, 11) is 2.05. The molecule has 20 heavy (non-hydrogen) atoms. The van der Waals surface area contributed by atoms with Gasteiger partial charge >= 0.3 is 0 Å². The molecule has 3 nitrogen and oxygen atoms in total. The summed E-state index contributed by atoms with van der Waals surface area (Å²) < 4.78 is 5.37. The Morgan fingerprint density at radius 3 is 2.55 bits per heavy atom. The number of hydrogen-bond acceptors (Lipinski definition) is 3. The SMILES string of the molecule is CCOCCN(C)c1ccc(CNC(C)(C)C)c(Cl)c1. The first-order valence-corrected chi connectivity index (χ1v) is 7.53. The minimum absolute atomic E-state index is 0.0935. The Morgan fingerprint density at radius 1 is 1.30 bits per heavy atom. The Bertz CT molecular complexity index is 415. The normalized spacial score (nSPS) is 11.7. The Hall–Kier alpha value is -0.770. The molecule has 0 aliphatic rings. The Labute approximate surface area is 128 Å². The van der Waals surface area contributed by atoms with Gasteiger partial charge in [-0.05, 0) is 45.4 Å². The third kappa shape index (κ3) is 6.12. The number of rotatable bonds is 7. The predicted molar refractivity (Wildman–Crippen MR) is 87.8 cm³/mol. The molecule has 0 amide bonds. The molecule has 0 aliphatic carbocycles. The molecule has 0 bridgehead atoms. The number of halogens is 1. The van der Waals surface area contributed by atoms with Crippen LogP contribution in [0, 0.1) is 0 Å². The molecule has 0 fully saturated rings. The predicted octanol–water partition coefficient (Wildman–Crippen LogP) is 3.70. The molecular weight excluding hydrogens is 272 g/mol. The highest BCUT2D eigenvalue weighted by molar-refractivity contribution is 6.31. The number of anilines is 1. The highest BCUT2D eigenvalue weighted by Crippen LogP contribution is 2.23. The van der Waals surface area contributed by atoms with Gasteiger partial charge in [0.2, 0.25) is 0 Å². The number of hydrogen-bond donors (Lipinski definition) is 1. The van der Waals surface area contributed by atoms with Gasteiger partial charge in [-0.25, -0.2) is 0 Å². The molecule has 1 N–H and O–H groups in total. The Balaban J connectivity index is 2.62. The first-order chi connectivity index (χ1) is 9.33. The zero-order valence-corrected chi connectivity index (χ0v) is 14.0. The van der Waals surface area contributed by atoms with E-state index in [2.05, 4.69) is 50.2 Å². The molecular formula is C16H27ClN2O. The van der Waals surface area contributed by atoms with Gasteiger partial charge in [-0.2, -0.15) is 0 Å². The minimum atomic E-state index is 0.0935. The molecule has 0 radical (unpaired) electrons. The van der Waals surface area contributed by atoms with Gasteiger partial charge in [0.25, 0.3) is 0 Å². The van der Waals surface area contributed by atoms with E-state index in [-0.39, 0.29) is 5.54 Å². The molecule has 1 aromatic carbocycles. The topological polar surface area (TPSA) is 24.5 Å². The van der Waals surface area contributed by atoms with Crippen molar-refractivity contribution < 1.29 is 4.74 Å². The summed E-state index contributed by atoms with van der Waals surface area (Å²) in [6, 6.07) is 6.22. The number of ether oxygens (including phenoxy) is 1. The zero-order valence-electron chi connectivity index (χ0n) is 13.3. The lowest BCUT2D eigenvalue weighted by Crippen LogP contribution is -2.35. The number of nitrogens with one attached hydrogen (secondary N) is 1. The number of nitrogens with zero attached hydrogens (tertiary/aromatic N) is 1. The fourth-order valence-electron chi connectivity index (χ4n) is 1.75. The Morgan fingerprint density at radius 2 is 2.00 bits per heavy atom. The molecule has 1 aromatic rings. The van der Waals surface area contributed by atoms with Gasteiger partial charge in [0.15, 0.2) is 0 Å². The lowest BCUT2D eigenvalue weighted by molar-refractivity contribution is 0.154. The first-order valence-electron chi connectivity index (χ1n) is 7.16. The van der Waals surface area contributed by atoms with E-state index in [0.717, 1.165) is 42.6 Å². The second kappa shape index (κ2) is 7.87. The van der Waals surface area contributed by atoms with Crippen LogP contribution in [0.5, 0.6) is 0 Å². The maximum absolute atomic E-state index is 6.37. The van der Waals surface area contributed by atoms with E-state index in [1.54, 1.807) is 0 Å². The van der Waals surface area contributed by atoms with E-state index < -0.39 is 0 Å². The summed E-state index contributed by atoms with van der Waals surface area (Å²) in [5, 5.41) is 4.26. The largest absolute Gasteiger partial charge is 0.380 e. The van der Waals surface area contributed by atoms with Crippen molar-refractivity contribution >= 4 is 17.3 Å².